The van der Waals surface area contributed by atoms with Crippen molar-refractivity contribution in [2.24, 2.45) is 0 Å². The van der Waals surface area contributed by atoms with Crippen molar-refractivity contribution in [3.05, 3.63) is 48.5 Å². The Bertz CT molecular complexity index is 861. The Morgan fingerprint density at radius 3 is 1.45 bits per heavy atom. The summed E-state index contributed by atoms with van der Waals surface area (Å²) in [5.74, 6) is 0.398. The lowest BCUT2D eigenvalue weighted by Gasteiger charge is -2.00. The minimum absolute atomic E-state index is 0.199. The standard InChI is InChI=1S/C14H10N4O2/c19-17-11-7-3-1-5-9(11)15-13(17)14-16-10-6-2-4-8-12(10)18(14)20/h1-8,19-20H. The number of nitrogens with zero attached hydrogens (tertiary/aromatic N) is 4. The van der Waals surface area contributed by atoms with Gasteiger partial charge in [0.15, 0.2) is 0 Å². The molecule has 0 fully saturated rings. The van der Waals surface area contributed by atoms with Crippen molar-refractivity contribution in [3.8, 4) is 11.6 Å². The largest absolute Gasteiger partial charge is 0.426 e. The molecule has 0 spiro atoms. The first-order chi connectivity index (χ1) is 9.75. The molecular weight excluding hydrogens is 256 g/mol. The van der Waals surface area contributed by atoms with Crippen LogP contribution in [0.3, 0.4) is 0 Å². The van der Waals surface area contributed by atoms with E-state index in [-0.39, 0.29) is 11.6 Å². The lowest BCUT2D eigenvalue weighted by Crippen LogP contribution is -2.01. The van der Waals surface area contributed by atoms with Crippen LogP contribution in [-0.4, -0.2) is 29.8 Å². The number of benzene rings is 2. The molecule has 6 nitrogen and oxygen atoms in total. The third kappa shape index (κ3) is 1.33. The van der Waals surface area contributed by atoms with Gasteiger partial charge in [0.25, 0.3) is 0 Å². The molecule has 0 aliphatic heterocycles. The first-order valence-corrected chi connectivity index (χ1v) is 6.09. The normalized spacial score (nSPS) is 11.4. The zero-order valence-electron chi connectivity index (χ0n) is 10.3. The predicted molar refractivity (Wildman–Crippen MR) is 72.8 cm³/mol. The average molecular weight is 266 g/mol. The Morgan fingerprint density at radius 2 is 1.05 bits per heavy atom. The summed E-state index contributed by atoms with van der Waals surface area (Å²) >= 11 is 0. The summed E-state index contributed by atoms with van der Waals surface area (Å²) in [4.78, 5) is 8.62. The number of hydrogen-bond donors (Lipinski definition) is 2. The summed E-state index contributed by atoms with van der Waals surface area (Å²) in [6.45, 7) is 0. The van der Waals surface area contributed by atoms with Crippen molar-refractivity contribution >= 4 is 22.1 Å². The van der Waals surface area contributed by atoms with Gasteiger partial charge in [-0.25, -0.2) is 9.97 Å². The molecule has 2 N–H and O–H groups in total. The van der Waals surface area contributed by atoms with E-state index in [1.54, 1.807) is 24.3 Å². The van der Waals surface area contributed by atoms with E-state index >= 15 is 0 Å². The molecule has 0 aliphatic carbocycles. The number of rotatable bonds is 1. The van der Waals surface area contributed by atoms with Gasteiger partial charge in [0.1, 0.15) is 11.0 Å². The highest BCUT2D eigenvalue weighted by molar-refractivity contribution is 5.82. The van der Waals surface area contributed by atoms with Gasteiger partial charge in [-0.1, -0.05) is 24.3 Å². The lowest BCUT2D eigenvalue weighted by molar-refractivity contribution is 0.186. The highest BCUT2D eigenvalue weighted by Gasteiger charge is 2.19. The highest BCUT2D eigenvalue weighted by atomic mass is 16.5. The van der Waals surface area contributed by atoms with Crippen LogP contribution in [0.5, 0.6) is 0 Å². The van der Waals surface area contributed by atoms with Crippen LogP contribution in [0, 0.1) is 0 Å². The summed E-state index contributed by atoms with van der Waals surface area (Å²) in [6.07, 6.45) is 0. The van der Waals surface area contributed by atoms with E-state index in [9.17, 15) is 10.4 Å². The molecule has 2 aromatic carbocycles. The van der Waals surface area contributed by atoms with Crippen LogP contribution in [0.2, 0.25) is 0 Å². The van der Waals surface area contributed by atoms with E-state index in [1.165, 1.54) is 0 Å². The Labute approximate surface area is 113 Å². The second-order valence-electron chi connectivity index (χ2n) is 4.47. The fraction of sp³-hybridized carbons (Fsp3) is 0. The Morgan fingerprint density at radius 1 is 0.650 bits per heavy atom. The minimum Gasteiger partial charge on any atom is -0.426 e. The second kappa shape index (κ2) is 3.74. The van der Waals surface area contributed by atoms with Gasteiger partial charge in [0, 0.05) is 0 Å². The molecule has 0 saturated heterocycles. The van der Waals surface area contributed by atoms with Crippen LogP contribution in [0.1, 0.15) is 0 Å². The Kier molecular flexibility index (Phi) is 2.03. The molecule has 0 radical (unpaired) electrons. The molecule has 0 saturated carbocycles. The molecule has 4 aromatic rings. The van der Waals surface area contributed by atoms with Crippen molar-refractivity contribution < 1.29 is 10.4 Å². The highest BCUT2D eigenvalue weighted by Crippen LogP contribution is 2.25. The van der Waals surface area contributed by atoms with Crippen LogP contribution in [0.25, 0.3) is 33.7 Å². The fourth-order valence-electron chi connectivity index (χ4n) is 2.32. The summed E-state index contributed by atoms with van der Waals surface area (Å²) in [7, 11) is 0. The molecule has 0 amide bonds. The van der Waals surface area contributed by atoms with E-state index in [2.05, 4.69) is 9.97 Å². The van der Waals surface area contributed by atoms with Crippen LogP contribution in [-0.2, 0) is 0 Å². The quantitative estimate of drug-likeness (QED) is 0.519. The van der Waals surface area contributed by atoms with Gasteiger partial charge >= 0.3 is 0 Å². The van der Waals surface area contributed by atoms with Crippen molar-refractivity contribution in [2.75, 3.05) is 0 Å². The molecule has 0 atom stereocenters. The van der Waals surface area contributed by atoms with Crippen molar-refractivity contribution in [1.29, 1.82) is 0 Å². The second-order valence-corrected chi connectivity index (χ2v) is 4.47. The fourth-order valence-corrected chi connectivity index (χ4v) is 2.32. The predicted octanol–water partition coefficient (Wildman–Crippen LogP) is 2.53. The molecular formula is C14H10N4O2. The number of imidazole rings is 2. The third-order valence-corrected chi connectivity index (χ3v) is 3.27. The van der Waals surface area contributed by atoms with E-state index < -0.39 is 0 Å². The van der Waals surface area contributed by atoms with Crippen molar-refractivity contribution in [2.45, 2.75) is 0 Å². The van der Waals surface area contributed by atoms with Crippen molar-refractivity contribution in [3.63, 3.8) is 0 Å². The molecule has 0 aliphatic rings. The molecule has 0 unspecified atom stereocenters. The topological polar surface area (TPSA) is 76.1 Å². The number of aromatic nitrogens is 4. The van der Waals surface area contributed by atoms with E-state index in [4.69, 9.17) is 0 Å². The maximum Gasteiger partial charge on any atom is 0.215 e. The maximum absolute atomic E-state index is 10.2. The van der Waals surface area contributed by atoms with Gasteiger partial charge in [-0.3, -0.25) is 0 Å². The van der Waals surface area contributed by atoms with Gasteiger partial charge in [-0.15, -0.1) is 0 Å². The van der Waals surface area contributed by atoms with Crippen molar-refractivity contribution in [1.82, 2.24) is 19.4 Å². The zero-order chi connectivity index (χ0) is 13.7. The monoisotopic (exact) mass is 266 g/mol. The summed E-state index contributed by atoms with van der Waals surface area (Å²) < 4.78 is 1.87. The third-order valence-electron chi connectivity index (χ3n) is 3.27. The SMILES string of the molecule is On1c(-c2nc3ccccc3n2O)nc2ccccc21. The Balaban J connectivity index is 2.06. The lowest BCUT2D eigenvalue weighted by atomic mass is 10.3. The van der Waals surface area contributed by atoms with Crippen LogP contribution in [0.15, 0.2) is 48.5 Å². The molecule has 4 rings (SSSR count). The van der Waals surface area contributed by atoms with Crippen LogP contribution >= 0.6 is 0 Å². The van der Waals surface area contributed by atoms with E-state index in [0.29, 0.717) is 22.1 Å². The zero-order valence-corrected chi connectivity index (χ0v) is 10.3. The van der Waals surface area contributed by atoms with Gasteiger partial charge in [-0.05, 0) is 24.3 Å². The minimum atomic E-state index is 0.199. The van der Waals surface area contributed by atoms with Gasteiger partial charge < -0.3 is 10.4 Å². The number of fused-ring (bicyclic) bond motifs is 2. The van der Waals surface area contributed by atoms with Gasteiger partial charge in [0.2, 0.25) is 11.6 Å². The summed E-state index contributed by atoms with van der Waals surface area (Å²) in [5.41, 5.74) is 2.40. The molecule has 0 bridgehead atoms. The molecule has 98 valence electrons. The number of para-hydroxylation sites is 4. The molecule has 6 heteroatoms. The van der Waals surface area contributed by atoms with E-state index in [0.717, 1.165) is 9.46 Å². The van der Waals surface area contributed by atoms with Crippen LogP contribution in [0.4, 0.5) is 0 Å². The first kappa shape index (κ1) is 10.9. The molecule has 20 heavy (non-hydrogen) atoms. The number of hydrogen-bond acceptors (Lipinski definition) is 4. The summed E-state index contributed by atoms with van der Waals surface area (Å²) in [6, 6.07) is 14.4. The Hall–Kier alpha value is -3.02. The molecule has 2 aromatic heterocycles. The van der Waals surface area contributed by atoms with Gasteiger partial charge in [0.05, 0.1) is 11.0 Å². The maximum atomic E-state index is 10.2. The van der Waals surface area contributed by atoms with Crippen LogP contribution < -0.4 is 0 Å². The summed E-state index contributed by atoms with van der Waals surface area (Å²) in [5, 5.41) is 20.4. The average Bonchev–Trinajstić information content (AvgIpc) is 2.98. The smallest absolute Gasteiger partial charge is 0.215 e. The van der Waals surface area contributed by atoms with Gasteiger partial charge in [-0.2, -0.15) is 9.46 Å². The van der Waals surface area contributed by atoms with E-state index in [1.807, 2.05) is 24.3 Å². The molecule has 2 heterocycles. The first-order valence-electron chi connectivity index (χ1n) is 6.09.